The molecular formula is C17H22BO4-. The second kappa shape index (κ2) is 4.70. The van der Waals surface area contributed by atoms with Crippen LogP contribution in [0, 0.1) is 0 Å². The Bertz CT molecular complexity index is 630. The summed E-state index contributed by atoms with van der Waals surface area (Å²) in [6.07, 6.45) is 0.641. The van der Waals surface area contributed by atoms with Gasteiger partial charge in [-0.3, -0.25) is 4.79 Å². The fourth-order valence-electron chi connectivity index (χ4n) is 3.19. The Balaban J connectivity index is 2.13. The van der Waals surface area contributed by atoms with Gasteiger partial charge in [0.15, 0.2) is 0 Å². The van der Waals surface area contributed by atoms with Gasteiger partial charge in [-0.25, -0.2) is 0 Å². The predicted molar refractivity (Wildman–Crippen MR) is 85.8 cm³/mol. The van der Waals surface area contributed by atoms with E-state index in [1.54, 1.807) is 0 Å². The quantitative estimate of drug-likeness (QED) is 0.784. The highest BCUT2D eigenvalue weighted by molar-refractivity contribution is 6.76. The van der Waals surface area contributed by atoms with Crippen molar-refractivity contribution in [1.29, 1.82) is 0 Å². The summed E-state index contributed by atoms with van der Waals surface area (Å²) in [4.78, 5) is 12.5. The van der Waals surface area contributed by atoms with Gasteiger partial charge >= 0.3 is 6.75 Å². The largest absolute Gasteiger partial charge is 0.636 e. The normalized spacial score (nSPS) is 24.9. The average molecular weight is 301 g/mol. The van der Waals surface area contributed by atoms with Gasteiger partial charge < -0.3 is 14.0 Å². The number of hydrogen-bond acceptors (Lipinski definition) is 4. The Hall–Kier alpha value is -1.59. The van der Waals surface area contributed by atoms with E-state index in [2.05, 4.69) is 0 Å². The lowest BCUT2D eigenvalue weighted by atomic mass is 9.66. The number of carbonyl (C=O) groups excluding carboxylic acids is 1. The highest BCUT2D eigenvalue weighted by Crippen LogP contribution is 2.50. The van der Waals surface area contributed by atoms with Crippen LogP contribution in [0.25, 0.3) is 5.57 Å². The van der Waals surface area contributed by atoms with Crippen molar-refractivity contribution in [3.05, 3.63) is 41.4 Å². The molecule has 0 amide bonds. The maximum absolute atomic E-state index is 12.5. The first-order chi connectivity index (χ1) is 10.2. The third-order valence-electron chi connectivity index (χ3n) is 5.01. The summed E-state index contributed by atoms with van der Waals surface area (Å²) in [6, 6.07) is 9.56. The number of carbonyl (C=O) groups is 1. The molecular weight excluding hydrogens is 279 g/mol. The van der Waals surface area contributed by atoms with E-state index in [-0.39, 0.29) is 5.97 Å². The molecule has 4 nitrogen and oxygen atoms in total. The number of benzene rings is 1. The molecule has 0 N–H and O–H groups in total. The predicted octanol–water partition coefficient (Wildman–Crippen LogP) is 3.49. The monoisotopic (exact) mass is 301 g/mol. The van der Waals surface area contributed by atoms with Gasteiger partial charge in [-0.1, -0.05) is 43.7 Å². The van der Waals surface area contributed by atoms with Crippen LogP contribution in [-0.2, 0) is 18.8 Å². The highest BCUT2D eigenvalue weighted by atomic mass is 16.8. The summed E-state index contributed by atoms with van der Waals surface area (Å²) < 4.78 is 18.0. The molecule has 0 bridgehead atoms. The Kier molecular flexibility index (Phi) is 3.27. The van der Waals surface area contributed by atoms with Crippen LogP contribution in [0.15, 0.2) is 35.8 Å². The first kappa shape index (κ1) is 15.3. The summed E-state index contributed by atoms with van der Waals surface area (Å²) in [5, 5.41) is 0. The molecule has 3 rings (SSSR count). The molecule has 0 unspecified atom stereocenters. The van der Waals surface area contributed by atoms with Crippen molar-refractivity contribution in [3.63, 3.8) is 0 Å². The maximum atomic E-state index is 12.5. The smallest absolute Gasteiger partial charge is 0.465 e. The zero-order valence-electron chi connectivity index (χ0n) is 13.8. The molecule has 1 saturated heterocycles. The summed E-state index contributed by atoms with van der Waals surface area (Å²) in [5.41, 5.74) is 1.16. The Morgan fingerprint density at radius 3 is 2.05 bits per heavy atom. The van der Waals surface area contributed by atoms with Gasteiger partial charge in [-0.15, -0.1) is 5.47 Å². The van der Waals surface area contributed by atoms with Crippen molar-refractivity contribution in [2.24, 2.45) is 0 Å². The molecule has 5 heteroatoms. The van der Waals surface area contributed by atoms with Crippen LogP contribution >= 0.6 is 0 Å². The molecule has 1 spiro atoms. The van der Waals surface area contributed by atoms with Crippen LogP contribution < -0.4 is 0 Å². The van der Waals surface area contributed by atoms with Gasteiger partial charge in [-0.2, -0.15) is 0 Å². The molecule has 0 atom stereocenters. The van der Waals surface area contributed by atoms with Crippen LogP contribution in [0.2, 0.25) is 0 Å². The van der Waals surface area contributed by atoms with Crippen molar-refractivity contribution < 1.29 is 18.8 Å². The summed E-state index contributed by atoms with van der Waals surface area (Å²) in [6.45, 7) is 7.66. The summed E-state index contributed by atoms with van der Waals surface area (Å²) in [5.74, 6) is -0.364. The fraction of sp³-hybridized carbons (Fsp3) is 0.471. The number of rotatable bonds is 2. The molecule has 2 heterocycles. The second-order valence-electron chi connectivity index (χ2n) is 6.92. The van der Waals surface area contributed by atoms with Gasteiger partial charge in [0.25, 0.3) is 5.97 Å². The maximum Gasteiger partial charge on any atom is 0.465 e. The molecule has 0 radical (unpaired) electrons. The molecule has 0 aliphatic carbocycles. The van der Waals surface area contributed by atoms with E-state index in [0.717, 1.165) is 11.0 Å². The topological polar surface area (TPSA) is 44.8 Å². The van der Waals surface area contributed by atoms with E-state index in [0.29, 0.717) is 12.0 Å². The average Bonchev–Trinajstić information content (AvgIpc) is 2.78. The van der Waals surface area contributed by atoms with Crippen molar-refractivity contribution in [1.82, 2.24) is 0 Å². The first-order valence-corrected chi connectivity index (χ1v) is 7.78. The number of allylic oxidation sites excluding steroid dienone is 1. The van der Waals surface area contributed by atoms with E-state index in [1.165, 1.54) is 0 Å². The van der Waals surface area contributed by atoms with E-state index in [4.69, 9.17) is 14.0 Å². The Morgan fingerprint density at radius 2 is 1.55 bits per heavy atom. The Labute approximate surface area is 131 Å². The van der Waals surface area contributed by atoms with Gasteiger partial charge in [0.1, 0.15) is 0 Å². The number of hydrogen-bond donors (Lipinski definition) is 0. The summed E-state index contributed by atoms with van der Waals surface area (Å²) in [7, 11) is 0. The van der Waals surface area contributed by atoms with E-state index in [1.807, 2.05) is 65.0 Å². The molecule has 1 aromatic rings. The van der Waals surface area contributed by atoms with Crippen molar-refractivity contribution in [2.45, 2.75) is 52.2 Å². The van der Waals surface area contributed by atoms with Crippen LogP contribution in [0.1, 0.15) is 46.6 Å². The first-order valence-electron chi connectivity index (χ1n) is 7.78. The molecule has 22 heavy (non-hydrogen) atoms. The van der Waals surface area contributed by atoms with Gasteiger partial charge in [0.05, 0.1) is 0 Å². The molecule has 1 fully saturated rings. The van der Waals surface area contributed by atoms with E-state index >= 15 is 0 Å². The molecule has 2 aliphatic heterocycles. The van der Waals surface area contributed by atoms with Gasteiger partial charge in [0, 0.05) is 16.8 Å². The van der Waals surface area contributed by atoms with Crippen LogP contribution in [0.5, 0.6) is 0 Å². The van der Waals surface area contributed by atoms with Crippen molar-refractivity contribution in [3.8, 4) is 0 Å². The van der Waals surface area contributed by atoms with Gasteiger partial charge in [-0.05, 0) is 33.3 Å². The molecule has 0 aromatic heterocycles. The SMILES string of the molecule is CCC1=C(c2ccccc2)C(=O)O[B-]12OC(C)(C)C(C)(C)O2. The fourth-order valence-corrected chi connectivity index (χ4v) is 3.19. The molecule has 2 aliphatic rings. The zero-order valence-corrected chi connectivity index (χ0v) is 13.8. The van der Waals surface area contributed by atoms with Gasteiger partial charge in [0.2, 0.25) is 0 Å². The third-order valence-corrected chi connectivity index (χ3v) is 5.01. The van der Waals surface area contributed by atoms with Crippen molar-refractivity contribution in [2.75, 3.05) is 0 Å². The Morgan fingerprint density at radius 1 is 1.00 bits per heavy atom. The zero-order chi connectivity index (χ0) is 16.2. The minimum absolute atomic E-state index is 0.364. The second-order valence-corrected chi connectivity index (χ2v) is 6.92. The summed E-state index contributed by atoms with van der Waals surface area (Å²) >= 11 is 0. The highest BCUT2D eigenvalue weighted by Gasteiger charge is 2.59. The molecule has 118 valence electrons. The molecule has 1 aromatic carbocycles. The molecule has 0 saturated carbocycles. The lowest BCUT2D eigenvalue weighted by molar-refractivity contribution is -0.130. The van der Waals surface area contributed by atoms with Crippen molar-refractivity contribution >= 4 is 18.3 Å². The van der Waals surface area contributed by atoms with E-state index < -0.39 is 18.0 Å². The van der Waals surface area contributed by atoms with Crippen LogP contribution in [0.4, 0.5) is 0 Å². The van der Waals surface area contributed by atoms with E-state index in [9.17, 15) is 4.79 Å². The lowest BCUT2D eigenvalue weighted by Crippen LogP contribution is -2.42. The minimum atomic E-state index is -2.19. The van der Waals surface area contributed by atoms with Crippen LogP contribution in [-0.4, -0.2) is 23.9 Å². The third kappa shape index (κ3) is 2.03. The standard InChI is InChI=1S/C17H22BO4/c1-6-13-14(12-10-8-7-9-11-12)15(19)20-18(13)21-16(2,3)17(4,5)22-18/h7-11H,6H2,1-5H3/q-1. The lowest BCUT2D eigenvalue weighted by Gasteiger charge is -2.36. The van der Waals surface area contributed by atoms with Crippen LogP contribution in [0.3, 0.4) is 0 Å². The minimum Gasteiger partial charge on any atom is -0.636 e.